The van der Waals surface area contributed by atoms with E-state index in [0.717, 1.165) is 30.7 Å². The van der Waals surface area contributed by atoms with E-state index in [1.165, 1.54) is 18.9 Å². The number of nitrogens with one attached hydrogen (secondary N) is 1. The Bertz CT molecular complexity index is 773. The van der Waals surface area contributed by atoms with Gasteiger partial charge in [-0.25, -0.2) is 8.91 Å². The molecule has 3 heterocycles. The maximum absolute atomic E-state index is 11.4. The van der Waals surface area contributed by atoms with Gasteiger partial charge in [-0.05, 0) is 18.9 Å². The highest BCUT2D eigenvalue weighted by atomic mass is 79.9. The molecule has 1 N–H and O–H groups in total. The molecular weight excluding hydrogens is 356 g/mol. The summed E-state index contributed by atoms with van der Waals surface area (Å²) in [6.07, 6.45) is 4.18. The lowest BCUT2D eigenvalue weighted by Gasteiger charge is -2.40. The molecule has 2 fully saturated rings. The molecule has 2 aromatic heterocycles. The predicted molar refractivity (Wildman–Crippen MR) is 87.2 cm³/mol. The Hall–Kier alpha value is -1.11. The monoisotopic (exact) mass is 368 g/mol. The minimum atomic E-state index is -0.163. The van der Waals surface area contributed by atoms with Gasteiger partial charge in [0.2, 0.25) is 5.56 Å². The van der Waals surface area contributed by atoms with Crippen molar-refractivity contribution >= 4 is 44.5 Å². The van der Waals surface area contributed by atoms with Crippen molar-refractivity contribution in [1.82, 2.24) is 13.9 Å². The fourth-order valence-corrected chi connectivity index (χ4v) is 3.94. The lowest BCUT2D eigenvalue weighted by Crippen LogP contribution is -2.51. The molecule has 1 spiro atoms. The normalized spacial score (nSPS) is 21.1. The fraction of sp³-hybridized carbons (Fsp3) is 0.429. The van der Waals surface area contributed by atoms with E-state index in [1.54, 1.807) is 12.3 Å². The largest absolute Gasteiger partial charge is 0.366 e. The van der Waals surface area contributed by atoms with E-state index in [9.17, 15) is 4.79 Å². The number of aromatic nitrogens is 2. The lowest BCUT2D eigenvalue weighted by molar-refractivity contribution is 0.308. The highest BCUT2D eigenvalue weighted by Gasteiger charge is 2.50. The van der Waals surface area contributed by atoms with Crippen LogP contribution in [-0.2, 0) is 0 Å². The zero-order valence-corrected chi connectivity index (χ0v) is 13.6. The van der Waals surface area contributed by atoms with Crippen molar-refractivity contribution in [2.75, 3.05) is 24.5 Å². The Kier molecular flexibility index (Phi) is 3.03. The van der Waals surface area contributed by atoms with E-state index in [1.807, 2.05) is 0 Å². The van der Waals surface area contributed by atoms with Crippen LogP contribution in [-0.4, -0.2) is 39.1 Å². The molecule has 21 heavy (non-hydrogen) atoms. The Morgan fingerprint density at radius 1 is 1.33 bits per heavy atom. The molecule has 1 saturated carbocycles. The molecule has 0 unspecified atom stereocenters. The smallest absolute Gasteiger partial charge is 0.249 e. The van der Waals surface area contributed by atoms with E-state index in [4.69, 9.17) is 11.6 Å². The predicted octanol–water partition coefficient (Wildman–Crippen LogP) is 2.54. The van der Waals surface area contributed by atoms with Gasteiger partial charge in [0.1, 0.15) is 5.65 Å². The van der Waals surface area contributed by atoms with Crippen LogP contribution in [0.2, 0.25) is 5.02 Å². The van der Waals surface area contributed by atoms with Crippen LogP contribution in [0.1, 0.15) is 12.8 Å². The molecule has 1 saturated heterocycles. The molecule has 0 radical (unpaired) electrons. The number of fused-ring (bicyclic) bond motifs is 1. The van der Waals surface area contributed by atoms with Crippen LogP contribution >= 0.6 is 27.7 Å². The first-order valence-electron chi connectivity index (χ1n) is 6.95. The van der Waals surface area contributed by atoms with Gasteiger partial charge >= 0.3 is 0 Å². The summed E-state index contributed by atoms with van der Waals surface area (Å²) in [6.45, 7) is 2.82. The van der Waals surface area contributed by atoms with Crippen LogP contribution in [0.3, 0.4) is 0 Å². The average Bonchev–Trinajstić information content (AvgIpc) is 3.23. The van der Waals surface area contributed by atoms with E-state index in [2.05, 4.69) is 34.9 Å². The number of H-pyrrole nitrogens is 1. The molecule has 5 nitrogen and oxygen atoms in total. The Morgan fingerprint density at radius 2 is 2.14 bits per heavy atom. The standard InChI is InChI=1S/C14H14BrClN4O/c15-20-6-5-19(8-14(20)3-4-14)10-7-17-13-9(12(10)16)1-2-11(21)18-13/h1-2,7H,3-6,8H2,(H,17,18,21). The molecule has 0 aromatic carbocycles. The summed E-state index contributed by atoms with van der Waals surface area (Å²) in [5.74, 6) is 0. The quantitative estimate of drug-likeness (QED) is 0.785. The zero-order valence-electron chi connectivity index (χ0n) is 11.3. The summed E-state index contributed by atoms with van der Waals surface area (Å²) in [6, 6.07) is 3.22. The van der Waals surface area contributed by atoms with E-state index in [0.29, 0.717) is 10.7 Å². The second-order valence-electron chi connectivity index (χ2n) is 5.77. The van der Waals surface area contributed by atoms with Crippen LogP contribution in [0.4, 0.5) is 5.69 Å². The maximum Gasteiger partial charge on any atom is 0.249 e. The number of aromatic amines is 1. The first kappa shape index (κ1) is 13.5. The van der Waals surface area contributed by atoms with Crippen molar-refractivity contribution in [3.63, 3.8) is 0 Å². The van der Waals surface area contributed by atoms with Crippen molar-refractivity contribution in [2.24, 2.45) is 0 Å². The third-order valence-electron chi connectivity index (χ3n) is 4.41. The number of hydrogen-bond acceptors (Lipinski definition) is 4. The first-order chi connectivity index (χ1) is 10.1. The second kappa shape index (κ2) is 4.69. The summed E-state index contributed by atoms with van der Waals surface area (Å²) in [7, 11) is 0. The highest BCUT2D eigenvalue weighted by molar-refractivity contribution is 9.07. The third kappa shape index (κ3) is 2.17. The molecule has 1 aliphatic heterocycles. The van der Waals surface area contributed by atoms with Crippen molar-refractivity contribution in [3.05, 3.63) is 33.7 Å². The van der Waals surface area contributed by atoms with Gasteiger partial charge < -0.3 is 9.88 Å². The summed E-state index contributed by atoms with van der Waals surface area (Å²) < 4.78 is 2.27. The van der Waals surface area contributed by atoms with Crippen LogP contribution in [0.25, 0.3) is 11.0 Å². The molecule has 4 rings (SSSR count). The number of nitrogens with zero attached hydrogens (tertiary/aromatic N) is 3. The van der Waals surface area contributed by atoms with E-state index >= 15 is 0 Å². The SMILES string of the molecule is O=c1ccc2c(Cl)c(N3CCN(Br)C4(CC4)C3)cnc2[nH]1. The van der Waals surface area contributed by atoms with Gasteiger partial charge in [-0.15, -0.1) is 0 Å². The maximum atomic E-state index is 11.4. The molecule has 0 atom stereocenters. The minimum absolute atomic E-state index is 0.163. The summed E-state index contributed by atoms with van der Waals surface area (Å²) >= 11 is 10.2. The van der Waals surface area contributed by atoms with E-state index < -0.39 is 0 Å². The van der Waals surface area contributed by atoms with Gasteiger partial charge in [0.05, 0.1) is 16.9 Å². The van der Waals surface area contributed by atoms with Crippen molar-refractivity contribution in [2.45, 2.75) is 18.4 Å². The molecule has 7 heteroatoms. The average molecular weight is 370 g/mol. The number of piperazine rings is 1. The van der Waals surface area contributed by atoms with Gasteiger partial charge in [-0.2, -0.15) is 0 Å². The van der Waals surface area contributed by atoms with Crippen LogP contribution < -0.4 is 10.5 Å². The molecule has 2 aromatic rings. The number of hydrogen-bond donors (Lipinski definition) is 1. The van der Waals surface area contributed by atoms with Gasteiger partial charge in [-0.3, -0.25) is 4.79 Å². The summed E-state index contributed by atoms with van der Waals surface area (Å²) in [4.78, 5) is 20.7. The summed E-state index contributed by atoms with van der Waals surface area (Å²) in [5, 5.41) is 1.45. The van der Waals surface area contributed by atoms with Gasteiger partial charge in [0.15, 0.2) is 0 Å². The van der Waals surface area contributed by atoms with Crippen LogP contribution in [0.5, 0.6) is 0 Å². The summed E-state index contributed by atoms with van der Waals surface area (Å²) in [5.41, 5.74) is 1.57. The highest BCUT2D eigenvalue weighted by Crippen LogP contribution is 2.47. The fourth-order valence-electron chi connectivity index (χ4n) is 2.99. The van der Waals surface area contributed by atoms with Crippen LogP contribution in [0, 0.1) is 0 Å². The van der Waals surface area contributed by atoms with Gasteiger partial charge in [-0.1, -0.05) is 11.6 Å². The van der Waals surface area contributed by atoms with Crippen LogP contribution in [0.15, 0.2) is 23.1 Å². The van der Waals surface area contributed by atoms with Crippen molar-refractivity contribution in [3.8, 4) is 0 Å². The molecule has 0 bridgehead atoms. The third-order valence-corrected chi connectivity index (χ3v) is 5.91. The topological polar surface area (TPSA) is 52.2 Å². The molecule has 1 aliphatic carbocycles. The number of pyridine rings is 2. The molecule has 110 valence electrons. The molecular formula is C14H14BrClN4O. The molecule has 0 amide bonds. The number of rotatable bonds is 1. The number of anilines is 1. The van der Waals surface area contributed by atoms with Crippen molar-refractivity contribution < 1.29 is 0 Å². The van der Waals surface area contributed by atoms with Gasteiger partial charge in [0.25, 0.3) is 0 Å². The molecule has 2 aliphatic rings. The Balaban J connectivity index is 1.75. The Labute approximate surface area is 135 Å². The first-order valence-corrected chi connectivity index (χ1v) is 8.04. The zero-order chi connectivity index (χ0) is 14.6. The lowest BCUT2D eigenvalue weighted by atomic mass is 10.1. The Morgan fingerprint density at radius 3 is 2.90 bits per heavy atom. The number of halogens is 2. The minimum Gasteiger partial charge on any atom is -0.366 e. The van der Waals surface area contributed by atoms with Gasteiger partial charge in [0, 0.05) is 52.8 Å². The second-order valence-corrected chi connectivity index (χ2v) is 7.01. The van der Waals surface area contributed by atoms with Crippen molar-refractivity contribution in [1.29, 1.82) is 0 Å². The van der Waals surface area contributed by atoms with E-state index in [-0.39, 0.29) is 11.1 Å².